The molecule has 0 saturated carbocycles. The number of aromatic nitrogens is 2. The van der Waals surface area contributed by atoms with Crippen LogP contribution >= 0.6 is 0 Å². The molecule has 0 bridgehead atoms. The average molecular weight is 282 g/mol. The van der Waals surface area contributed by atoms with Gasteiger partial charge >= 0.3 is 6.18 Å². The van der Waals surface area contributed by atoms with Gasteiger partial charge in [0.15, 0.2) is 0 Å². The van der Waals surface area contributed by atoms with Gasteiger partial charge in [0, 0.05) is 11.8 Å². The van der Waals surface area contributed by atoms with E-state index in [4.69, 9.17) is 5.73 Å². The van der Waals surface area contributed by atoms with Gasteiger partial charge in [0.25, 0.3) is 5.91 Å². The SMILES string of the molecule is Nc1cc(C(=O)Nc2ccc(C(F)(F)F)nc2)ccn1. The lowest BCUT2D eigenvalue weighted by Crippen LogP contribution is -2.13. The highest BCUT2D eigenvalue weighted by Crippen LogP contribution is 2.27. The number of hydrogen-bond donors (Lipinski definition) is 2. The first-order chi connectivity index (χ1) is 9.36. The van der Waals surface area contributed by atoms with Crippen molar-refractivity contribution >= 4 is 17.4 Å². The van der Waals surface area contributed by atoms with Gasteiger partial charge in [0.1, 0.15) is 11.5 Å². The number of carbonyl (C=O) groups excluding carboxylic acids is 1. The molecule has 3 N–H and O–H groups in total. The Morgan fingerprint density at radius 2 is 1.95 bits per heavy atom. The lowest BCUT2D eigenvalue weighted by molar-refractivity contribution is -0.141. The molecule has 2 aromatic rings. The summed E-state index contributed by atoms with van der Waals surface area (Å²) in [6.45, 7) is 0. The normalized spacial score (nSPS) is 11.2. The maximum Gasteiger partial charge on any atom is 0.433 e. The van der Waals surface area contributed by atoms with Crippen molar-refractivity contribution in [3.05, 3.63) is 47.9 Å². The summed E-state index contributed by atoms with van der Waals surface area (Å²) in [4.78, 5) is 18.8. The van der Waals surface area contributed by atoms with E-state index >= 15 is 0 Å². The highest BCUT2D eigenvalue weighted by molar-refractivity contribution is 6.04. The third-order valence-electron chi connectivity index (χ3n) is 2.36. The average Bonchev–Trinajstić information content (AvgIpc) is 2.38. The Balaban J connectivity index is 2.12. The number of hydrogen-bond acceptors (Lipinski definition) is 4. The number of amides is 1. The molecule has 2 heterocycles. The minimum Gasteiger partial charge on any atom is -0.384 e. The highest BCUT2D eigenvalue weighted by atomic mass is 19.4. The van der Waals surface area contributed by atoms with Crippen molar-refractivity contribution in [2.24, 2.45) is 0 Å². The van der Waals surface area contributed by atoms with Crippen LogP contribution in [0.4, 0.5) is 24.7 Å². The third-order valence-corrected chi connectivity index (χ3v) is 2.36. The number of carbonyl (C=O) groups is 1. The summed E-state index contributed by atoms with van der Waals surface area (Å²) in [5.41, 5.74) is 4.80. The van der Waals surface area contributed by atoms with E-state index in [-0.39, 0.29) is 17.1 Å². The van der Waals surface area contributed by atoms with Crippen LogP contribution in [0.3, 0.4) is 0 Å². The standard InChI is InChI=1S/C12H9F3N4O/c13-12(14,15)9-2-1-8(6-18-9)19-11(20)7-3-4-17-10(16)5-7/h1-6H,(H2,16,17)(H,19,20). The number of nitrogens with zero attached hydrogens (tertiary/aromatic N) is 2. The number of rotatable bonds is 2. The molecular weight excluding hydrogens is 273 g/mol. The van der Waals surface area contributed by atoms with Crippen molar-refractivity contribution in [2.45, 2.75) is 6.18 Å². The van der Waals surface area contributed by atoms with Gasteiger partial charge in [-0.25, -0.2) is 9.97 Å². The fourth-order valence-electron chi connectivity index (χ4n) is 1.43. The molecule has 2 rings (SSSR count). The molecular formula is C12H9F3N4O. The van der Waals surface area contributed by atoms with Crippen LogP contribution < -0.4 is 11.1 Å². The first-order valence-electron chi connectivity index (χ1n) is 5.42. The molecule has 5 nitrogen and oxygen atoms in total. The maximum atomic E-state index is 12.3. The minimum absolute atomic E-state index is 0.151. The van der Waals surface area contributed by atoms with Crippen LogP contribution in [0.1, 0.15) is 16.1 Å². The molecule has 0 aliphatic carbocycles. The second-order valence-corrected chi connectivity index (χ2v) is 3.85. The van der Waals surface area contributed by atoms with E-state index in [2.05, 4.69) is 15.3 Å². The van der Waals surface area contributed by atoms with E-state index in [1.165, 1.54) is 18.3 Å². The highest BCUT2D eigenvalue weighted by Gasteiger charge is 2.32. The Bertz CT molecular complexity index is 625. The summed E-state index contributed by atoms with van der Waals surface area (Å²) >= 11 is 0. The molecule has 0 fully saturated rings. The molecule has 2 aromatic heterocycles. The smallest absolute Gasteiger partial charge is 0.384 e. The van der Waals surface area contributed by atoms with Gasteiger partial charge in [-0.2, -0.15) is 13.2 Å². The van der Waals surface area contributed by atoms with E-state index in [1.807, 2.05) is 0 Å². The first kappa shape index (κ1) is 13.8. The molecule has 0 aliphatic rings. The van der Waals surface area contributed by atoms with E-state index in [9.17, 15) is 18.0 Å². The number of halogens is 3. The Morgan fingerprint density at radius 3 is 2.50 bits per heavy atom. The molecule has 8 heteroatoms. The van der Waals surface area contributed by atoms with Crippen molar-refractivity contribution in [1.82, 2.24) is 9.97 Å². The molecule has 0 radical (unpaired) electrons. The van der Waals surface area contributed by atoms with Gasteiger partial charge in [-0.1, -0.05) is 0 Å². The molecule has 0 saturated heterocycles. The Labute approximate surface area is 111 Å². The van der Waals surface area contributed by atoms with Gasteiger partial charge in [-0.05, 0) is 24.3 Å². The van der Waals surface area contributed by atoms with Crippen LogP contribution in [-0.2, 0) is 6.18 Å². The number of anilines is 2. The van der Waals surface area contributed by atoms with Crippen molar-refractivity contribution in [3.63, 3.8) is 0 Å². The van der Waals surface area contributed by atoms with Gasteiger partial charge in [-0.15, -0.1) is 0 Å². The van der Waals surface area contributed by atoms with Crippen LogP contribution in [0.25, 0.3) is 0 Å². The lowest BCUT2D eigenvalue weighted by atomic mass is 10.2. The van der Waals surface area contributed by atoms with Crippen LogP contribution in [0, 0.1) is 0 Å². The van der Waals surface area contributed by atoms with Gasteiger partial charge in [0.05, 0.1) is 11.9 Å². The second-order valence-electron chi connectivity index (χ2n) is 3.85. The van der Waals surface area contributed by atoms with Crippen molar-refractivity contribution in [2.75, 3.05) is 11.1 Å². The van der Waals surface area contributed by atoms with Crippen molar-refractivity contribution < 1.29 is 18.0 Å². The molecule has 104 valence electrons. The summed E-state index contributed by atoms with van der Waals surface area (Å²) in [5, 5.41) is 2.41. The molecule has 0 aromatic carbocycles. The topological polar surface area (TPSA) is 80.9 Å². The number of alkyl halides is 3. The zero-order valence-corrected chi connectivity index (χ0v) is 9.98. The summed E-state index contributed by atoms with van der Waals surface area (Å²) in [5.74, 6) is -0.344. The number of nitrogens with one attached hydrogen (secondary N) is 1. The summed E-state index contributed by atoms with van der Waals surface area (Å²) in [6.07, 6.45) is -2.22. The summed E-state index contributed by atoms with van der Waals surface area (Å²) in [7, 11) is 0. The fourth-order valence-corrected chi connectivity index (χ4v) is 1.43. The maximum absolute atomic E-state index is 12.3. The zero-order chi connectivity index (χ0) is 14.8. The van der Waals surface area contributed by atoms with Crippen molar-refractivity contribution in [1.29, 1.82) is 0 Å². The van der Waals surface area contributed by atoms with Gasteiger partial charge in [-0.3, -0.25) is 4.79 Å². The number of nitrogen functional groups attached to an aromatic ring is 1. The number of pyridine rings is 2. The quantitative estimate of drug-likeness (QED) is 0.885. The van der Waals surface area contributed by atoms with Crippen LogP contribution in [0.5, 0.6) is 0 Å². The predicted octanol–water partition coefficient (Wildman–Crippen LogP) is 2.33. The Kier molecular flexibility index (Phi) is 3.55. The fraction of sp³-hybridized carbons (Fsp3) is 0.0833. The van der Waals surface area contributed by atoms with Gasteiger partial charge in [0.2, 0.25) is 0 Å². The largest absolute Gasteiger partial charge is 0.433 e. The number of nitrogens with two attached hydrogens (primary N) is 1. The van der Waals surface area contributed by atoms with E-state index in [0.29, 0.717) is 0 Å². The Hall–Kier alpha value is -2.64. The van der Waals surface area contributed by atoms with Crippen molar-refractivity contribution in [3.8, 4) is 0 Å². The zero-order valence-electron chi connectivity index (χ0n) is 9.98. The summed E-state index contributed by atoms with van der Waals surface area (Å²) < 4.78 is 37.0. The lowest BCUT2D eigenvalue weighted by Gasteiger charge is -2.08. The molecule has 1 amide bonds. The Morgan fingerprint density at radius 1 is 1.20 bits per heavy atom. The first-order valence-corrected chi connectivity index (χ1v) is 5.42. The minimum atomic E-state index is -4.51. The molecule has 0 spiro atoms. The third kappa shape index (κ3) is 3.22. The van der Waals surface area contributed by atoms with E-state index in [0.717, 1.165) is 18.3 Å². The van der Waals surface area contributed by atoms with Crippen LogP contribution in [0.15, 0.2) is 36.7 Å². The van der Waals surface area contributed by atoms with E-state index in [1.54, 1.807) is 0 Å². The van der Waals surface area contributed by atoms with Crippen LogP contribution in [0.2, 0.25) is 0 Å². The van der Waals surface area contributed by atoms with Crippen LogP contribution in [-0.4, -0.2) is 15.9 Å². The molecule has 20 heavy (non-hydrogen) atoms. The van der Waals surface area contributed by atoms with E-state index < -0.39 is 17.8 Å². The molecule has 0 aliphatic heterocycles. The molecule has 0 unspecified atom stereocenters. The monoisotopic (exact) mass is 282 g/mol. The predicted molar refractivity (Wildman–Crippen MR) is 65.8 cm³/mol. The second kappa shape index (κ2) is 5.16. The molecule has 0 atom stereocenters. The van der Waals surface area contributed by atoms with Gasteiger partial charge < -0.3 is 11.1 Å². The summed E-state index contributed by atoms with van der Waals surface area (Å²) in [6, 6.07) is 4.70.